The van der Waals surface area contributed by atoms with E-state index in [1.807, 2.05) is 31.2 Å². The summed E-state index contributed by atoms with van der Waals surface area (Å²) >= 11 is 0. The second-order valence-electron chi connectivity index (χ2n) is 7.58. The summed E-state index contributed by atoms with van der Waals surface area (Å²) in [5.74, 6) is 0.134. The summed E-state index contributed by atoms with van der Waals surface area (Å²) < 4.78 is 12.4. The lowest BCUT2D eigenvalue weighted by Gasteiger charge is -2.30. The lowest BCUT2D eigenvalue weighted by Crippen LogP contribution is -2.42. The Morgan fingerprint density at radius 1 is 1.24 bits per heavy atom. The largest absolute Gasteiger partial charge is 0.465 e. The third-order valence-electron chi connectivity index (χ3n) is 5.49. The molecule has 5 rings (SSSR count). The molecule has 1 aromatic carbocycles. The number of hydrogen-bond acceptors (Lipinski definition) is 7. The van der Waals surface area contributed by atoms with Crippen LogP contribution in [0.1, 0.15) is 28.0 Å². The fourth-order valence-electron chi connectivity index (χ4n) is 3.71. The van der Waals surface area contributed by atoms with E-state index in [0.29, 0.717) is 29.2 Å². The molecule has 1 saturated heterocycles. The number of aryl methyl sites for hydroxylation is 1. The van der Waals surface area contributed by atoms with Crippen LogP contribution < -0.4 is 5.32 Å². The second kappa shape index (κ2) is 8.36. The molecule has 4 aromatic rings. The van der Waals surface area contributed by atoms with Crippen LogP contribution >= 0.6 is 0 Å². The number of aromatic nitrogens is 4. The minimum Gasteiger partial charge on any atom is -0.465 e. The van der Waals surface area contributed by atoms with E-state index >= 15 is 0 Å². The number of carbonyl (C=O) groups excluding carboxylic acids is 1. The van der Waals surface area contributed by atoms with Crippen LogP contribution in [0.5, 0.6) is 0 Å². The monoisotopic (exact) mass is 448 g/mol. The molecule has 0 radical (unpaired) electrons. The van der Waals surface area contributed by atoms with Gasteiger partial charge in [0, 0.05) is 24.0 Å². The van der Waals surface area contributed by atoms with Crippen molar-refractivity contribution in [1.82, 2.24) is 24.4 Å². The van der Waals surface area contributed by atoms with Gasteiger partial charge < -0.3 is 19.7 Å². The zero-order valence-corrected chi connectivity index (χ0v) is 17.6. The van der Waals surface area contributed by atoms with Crippen LogP contribution in [0, 0.1) is 6.92 Å². The molecular weight excluding hydrogens is 428 g/mol. The van der Waals surface area contributed by atoms with E-state index in [1.165, 1.54) is 11.1 Å². The molecule has 1 fully saturated rings. The smallest absolute Gasteiger partial charge is 0.408 e. The van der Waals surface area contributed by atoms with Gasteiger partial charge in [-0.3, -0.25) is 14.1 Å². The van der Waals surface area contributed by atoms with Crippen molar-refractivity contribution in [3.63, 3.8) is 0 Å². The number of pyridine rings is 1. The van der Waals surface area contributed by atoms with Crippen molar-refractivity contribution >= 4 is 23.3 Å². The van der Waals surface area contributed by atoms with Crippen LogP contribution in [0.25, 0.3) is 17.0 Å². The molecule has 1 aliphatic heterocycles. The first-order valence-corrected chi connectivity index (χ1v) is 10.3. The zero-order valence-electron chi connectivity index (χ0n) is 17.6. The normalized spacial score (nSPS) is 16.2. The highest BCUT2D eigenvalue weighted by molar-refractivity contribution is 6.04. The first kappa shape index (κ1) is 20.6. The number of imidazole rings is 1. The van der Waals surface area contributed by atoms with Gasteiger partial charge >= 0.3 is 6.09 Å². The molecule has 0 bridgehead atoms. The number of rotatable bonds is 4. The van der Waals surface area contributed by atoms with Gasteiger partial charge in [-0.25, -0.2) is 9.78 Å². The van der Waals surface area contributed by atoms with Gasteiger partial charge in [-0.2, -0.15) is 4.98 Å². The van der Waals surface area contributed by atoms with E-state index in [4.69, 9.17) is 9.26 Å². The molecule has 11 nitrogen and oxygen atoms in total. The number of morpholine rings is 1. The van der Waals surface area contributed by atoms with Crippen molar-refractivity contribution in [2.75, 3.05) is 25.1 Å². The first-order chi connectivity index (χ1) is 16.0. The van der Waals surface area contributed by atoms with Gasteiger partial charge in [0.25, 0.3) is 11.8 Å². The lowest BCUT2D eigenvalue weighted by molar-refractivity contribution is -0.0113. The summed E-state index contributed by atoms with van der Waals surface area (Å²) in [7, 11) is 0. The molecule has 3 aromatic heterocycles. The van der Waals surface area contributed by atoms with Crippen molar-refractivity contribution < 1.29 is 24.0 Å². The Labute approximate surface area is 187 Å². The maximum atomic E-state index is 12.9. The SMILES string of the molecule is Cc1ccc(-c2noc([C@H]3COCCN3C(=O)O)n2)cc1NC(=O)c1cnc2ccccn12. The van der Waals surface area contributed by atoms with Crippen LogP contribution in [-0.4, -0.2) is 61.3 Å². The lowest BCUT2D eigenvalue weighted by atomic mass is 10.1. The van der Waals surface area contributed by atoms with E-state index in [0.717, 1.165) is 5.56 Å². The van der Waals surface area contributed by atoms with Gasteiger partial charge in [0.2, 0.25) is 5.82 Å². The van der Waals surface area contributed by atoms with E-state index in [9.17, 15) is 14.7 Å². The first-order valence-electron chi connectivity index (χ1n) is 10.3. The number of amides is 2. The molecule has 0 aliphatic carbocycles. The Balaban J connectivity index is 1.40. The molecule has 1 aliphatic rings. The number of hydrogen-bond donors (Lipinski definition) is 2. The molecule has 11 heteroatoms. The topological polar surface area (TPSA) is 135 Å². The summed E-state index contributed by atoms with van der Waals surface area (Å²) in [5.41, 5.74) is 3.13. The fraction of sp³-hybridized carbons (Fsp3) is 0.227. The number of nitrogens with one attached hydrogen (secondary N) is 1. The number of nitrogens with zero attached hydrogens (tertiary/aromatic N) is 5. The number of carbonyl (C=O) groups is 2. The van der Waals surface area contributed by atoms with Crippen molar-refractivity contribution in [3.8, 4) is 11.4 Å². The Morgan fingerprint density at radius 3 is 2.97 bits per heavy atom. The average Bonchev–Trinajstić information content (AvgIpc) is 3.48. The molecule has 2 N–H and O–H groups in total. The number of ether oxygens (including phenoxy) is 1. The van der Waals surface area contributed by atoms with Crippen molar-refractivity contribution in [2.45, 2.75) is 13.0 Å². The number of anilines is 1. The van der Waals surface area contributed by atoms with E-state index < -0.39 is 12.1 Å². The maximum absolute atomic E-state index is 12.9. The van der Waals surface area contributed by atoms with Gasteiger partial charge in [0.1, 0.15) is 17.4 Å². The third kappa shape index (κ3) is 3.89. The molecular formula is C22H20N6O5. The van der Waals surface area contributed by atoms with Crippen molar-refractivity contribution in [1.29, 1.82) is 0 Å². The molecule has 0 unspecified atom stereocenters. The van der Waals surface area contributed by atoms with Crippen molar-refractivity contribution in [3.05, 3.63) is 65.9 Å². The Hall–Kier alpha value is -4.25. The fourth-order valence-corrected chi connectivity index (χ4v) is 3.71. The van der Waals surface area contributed by atoms with E-state index in [1.54, 1.807) is 22.7 Å². The Bertz CT molecular complexity index is 1350. The molecule has 0 saturated carbocycles. The molecule has 2 amide bonds. The van der Waals surface area contributed by atoms with Gasteiger partial charge in [-0.15, -0.1) is 0 Å². The summed E-state index contributed by atoms with van der Waals surface area (Å²) in [4.78, 5) is 34.3. The molecule has 4 heterocycles. The standard InChI is InChI=1S/C22H20N6O5/c1-13-5-6-14(19-25-21(33-26-19)17-12-32-9-8-28(17)22(30)31)10-15(13)24-20(29)16-11-23-18-4-2-3-7-27(16)18/h2-7,10-11,17H,8-9,12H2,1H3,(H,24,29)(H,30,31)/t17-/m1/s1. The molecule has 168 valence electrons. The third-order valence-corrected chi connectivity index (χ3v) is 5.49. The Morgan fingerprint density at radius 2 is 2.12 bits per heavy atom. The minimum atomic E-state index is -1.07. The van der Waals surface area contributed by atoms with E-state index in [2.05, 4.69) is 20.4 Å². The summed E-state index contributed by atoms with van der Waals surface area (Å²) in [6.07, 6.45) is 2.22. The summed E-state index contributed by atoms with van der Waals surface area (Å²) in [5, 5.41) is 16.3. The Kier molecular flexibility index (Phi) is 5.23. The number of benzene rings is 1. The number of carboxylic acid groups (broad SMARTS) is 1. The predicted octanol–water partition coefficient (Wildman–Crippen LogP) is 3.00. The van der Waals surface area contributed by atoms with Gasteiger partial charge in [-0.1, -0.05) is 23.4 Å². The average molecular weight is 448 g/mol. The molecule has 1 atom stereocenters. The zero-order chi connectivity index (χ0) is 22.9. The summed E-state index contributed by atoms with van der Waals surface area (Å²) in [6.45, 7) is 2.56. The van der Waals surface area contributed by atoms with Gasteiger partial charge in [0.05, 0.1) is 19.4 Å². The molecule has 0 spiro atoms. The quantitative estimate of drug-likeness (QED) is 0.486. The highest BCUT2D eigenvalue weighted by Gasteiger charge is 2.33. The summed E-state index contributed by atoms with van der Waals surface area (Å²) in [6, 6.07) is 10.2. The van der Waals surface area contributed by atoms with E-state index in [-0.39, 0.29) is 30.8 Å². The van der Waals surface area contributed by atoms with Crippen LogP contribution in [0.2, 0.25) is 0 Å². The molecule has 33 heavy (non-hydrogen) atoms. The van der Waals surface area contributed by atoms with Crippen LogP contribution in [-0.2, 0) is 4.74 Å². The highest BCUT2D eigenvalue weighted by Crippen LogP contribution is 2.28. The maximum Gasteiger partial charge on any atom is 0.408 e. The van der Waals surface area contributed by atoms with Gasteiger partial charge in [0.15, 0.2) is 0 Å². The van der Waals surface area contributed by atoms with Crippen molar-refractivity contribution in [2.24, 2.45) is 0 Å². The second-order valence-corrected chi connectivity index (χ2v) is 7.58. The minimum absolute atomic E-state index is 0.141. The van der Waals surface area contributed by atoms with Crippen LogP contribution in [0.4, 0.5) is 10.5 Å². The van der Waals surface area contributed by atoms with Crippen LogP contribution in [0.15, 0.2) is 53.3 Å². The van der Waals surface area contributed by atoms with Crippen LogP contribution in [0.3, 0.4) is 0 Å². The van der Waals surface area contributed by atoms with Gasteiger partial charge in [-0.05, 0) is 30.7 Å². The highest BCUT2D eigenvalue weighted by atomic mass is 16.5. The predicted molar refractivity (Wildman–Crippen MR) is 116 cm³/mol. The number of fused-ring (bicyclic) bond motifs is 1.